The quantitative estimate of drug-likeness (QED) is 0.432. The normalized spacial score (nSPS) is 11.6. The van der Waals surface area contributed by atoms with Crippen molar-refractivity contribution in [2.75, 3.05) is 0 Å². The van der Waals surface area contributed by atoms with Crippen LogP contribution in [0.1, 0.15) is 26.7 Å². The van der Waals surface area contributed by atoms with Crippen LogP contribution >= 0.6 is 0 Å². The Morgan fingerprint density at radius 2 is 2.22 bits per heavy atom. The van der Waals surface area contributed by atoms with Crippen molar-refractivity contribution in [3.05, 3.63) is 21.9 Å². The molecule has 3 nitrogen and oxygen atoms in total. The monoisotopic (exact) mass is 129 g/mol. The van der Waals surface area contributed by atoms with Gasteiger partial charge < -0.3 is 0 Å². The average molecular weight is 129 g/mol. The van der Waals surface area contributed by atoms with Gasteiger partial charge in [-0.2, -0.15) is 0 Å². The van der Waals surface area contributed by atoms with Crippen LogP contribution in [0.4, 0.5) is 0 Å². The van der Waals surface area contributed by atoms with Crippen LogP contribution in [0.3, 0.4) is 0 Å². The van der Waals surface area contributed by atoms with E-state index in [1.54, 1.807) is 13.0 Å². The van der Waals surface area contributed by atoms with Gasteiger partial charge in [0.1, 0.15) is 0 Å². The van der Waals surface area contributed by atoms with E-state index in [4.69, 9.17) is 0 Å². The van der Waals surface area contributed by atoms with E-state index in [2.05, 4.69) is 0 Å². The number of nitro groups is 1. The van der Waals surface area contributed by atoms with Gasteiger partial charge in [-0.1, -0.05) is 13.8 Å². The highest BCUT2D eigenvalue weighted by Crippen LogP contribution is 2.01. The molecule has 0 saturated heterocycles. The smallest absolute Gasteiger partial charge is 0.242 e. The molecular formula is C6H11NO2. The van der Waals surface area contributed by atoms with E-state index in [0.717, 1.165) is 6.42 Å². The van der Waals surface area contributed by atoms with Gasteiger partial charge in [-0.05, 0) is 12.5 Å². The third-order valence-corrected chi connectivity index (χ3v) is 1.04. The van der Waals surface area contributed by atoms with E-state index in [9.17, 15) is 10.1 Å². The Balaban J connectivity index is 3.98. The molecule has 0 rings (SSSR count). The van der Waals surface area contributed by atoms with Crippen LogP contribution in [0, 0.1) is 10.1 Å². The van der Waals surface area contributed by atoms with Crippen LogP contribution in [0.25, 0.3) is 0 Å². The predicted molar refractivity (Wildman–Crippen MR) is 35.7 cm³/mol. The highest BCUT2D eigenvalue weighted by atomic mass is 16.6. The lowest BCUT2D eigenvalue weighted by molar-refractivity contribution is -0.427. The minimum absolute atomic E-state index is 0.317. The van der Waals surface area contributed by atoms with Crippen molar-refractivity contribution in [3.8, 4) is 0 Å². The largest absolute Gasteiger partial charge is 0.259 e. The Labute approximate surface area is 54.5 Å². The molecule has 0 fully saturated rings. The Bertz CT molecular complexity index is 129. The lowest BCUT2D eigenvalue weighted by Crippen LogP contribution is -1.95. The summed E-state index contributed by atoms with van der Waals surface area (Å²) in [7, 11) is 0. The Kier molecular flexibility index (Phi) is 3.67. The van der Waals surface area contributed by atoms with Gasteiger partial charge in [0.2, 0.25) is 5.70 Å². The van der Waals surface area contributed by atoms with Crippen molar-refractivity contribution in [1.29, 1.82) is 0 Å². The van der Waals surface area contributed by atoms with Crippen LogP contribution in [0.5, 0.6) is 0 Å². The molecule has 0 bridgehead atoms. The summed E-state index contributed by atoms with van der Waals surface area (Å²) in [4.78, 5) is 9.73. The number of allylic oxidation sites excluding steroid dienone is 2. The standard InChI is InChI=1S/C6H11NO2/c1-3-5-6(4-2)7(8)9/h5H,3-4H2,1-2H3/b6-5+. The summed E-state index contributed by atoms with van der Waals surface area (Å²) in [6.07, 6.45) is 2.89. The highest BCUT2D eigenvalue weighted by Gasteiger charge is 2.03. The SMILES string of the molecule is CC/C=C(\CC)[N+](=O)[O-]. The predicted octanol–water partition coefficient (Wildman–Crippen LogP) is 1.97. The van der Waals surface area contributed by atoms with E-state index in [-0.39, 0.29) is 4.92 Å². The molecule has 52 valence electrons. The van der Waals surface area contributed by atoms with Crippen molar-refractivity contribution < 1.29 is 4.92 Å². The summed E-state index contributed by atoms with van der Waals surface area (Å²) in [5.41, 5.74) is 0.317. The summed E-state index contributed by atoms with van der Waals surface area (Å²) >= 11 is 0. The number of nitrogens with zero attached hydrogens (tertiary/aromatic N) is 1. The van der Waals surface area contributed by atoms with E-state index < -0.39 is 0 Å². The number of hydrogen-bond acceptors (Lipinski definition) is 2. The highest BCUT2D eigenvalue weighted by molar-refractivity contribution is 4.88. The minimum Gasteiger partial charge on any atom is -0.259 e. The maximum Gasteiger partial charge on any atom is 0.242 e. The fourth-order valence-corrected chi connectivity index (χ4v) is 0.584. The van der Waals surface area contributed by atoms with Gasteiger partial charge in [0, 0.05) is 6.42 Å². The van der Waals surface area contributed by atoms with Crippen molar-refractivity contribution in [3.63, 3.8) is 0 Å². The molecule has 3 heteroatoms. The number of rotatable bonds is 3. The molecule has 0 spiro atoms. The maximum atomic E-state index is 10.1. The first-order valence-electron chi connectivity index (χ1n) is 3.05. The Morgan fingerprint density at radius 3 is 2.33 bits per heavy atom. The summed E-state index contributed by atoms with van der Waals surface area (Å²) < 4.78 is 0. The molecule has 0 saturated carbocycles. The fraction of sp³-hybridized carbons (Fsp3) is 0.667. The van der Waals surface area contributed by atoms with E-state index in [0.29, 0.717) is 12.1 Å². The Hall–Kier alpha value is -0.860. The van der Waals surface area contributed by atoms with Crippen molar-refractivity contribution >= 4 is 0 Å². The zero-order valence-electron chi connectivity index (χ0n) is 5.76. The minimum atomic E-state index is -0.330. The first-order valence-corrected chi connectivity index (χ1v) is 3.05. The third-order valence-electron chi connectivity index (χ3n) is 1.04. The molecule has 0 aliphatic carbocycles. The van der Waals surface area contributed by atoms with Gasteiger partial charge >= 0.3 is 0 Å². The zero-order chi connectivity index (χ0) is 7.28. The third kappa shape index (κ3) is 2.85. The summed E-state index contributed by atoms with van der Waals surface area (Å²) in [6, 6.07) is 0. The molecule has 0 aromatic heterocycles. The summed E-state index contributed by atoms with van der Waals surface area (Å²) in [5.74, 6) is 0. The van der Waals surface area contributed by atoms with Gasteiger partial charge in [0.25, 0.3) is 0 Å². The Morgan fingerprint density at radius 1 is 1.67 bits per heavy atom. The van der Waals surface area contributed by atoms with Crippen LogP contribution in [-0.2, 0) is 0 Å². The van der Waals surface area contributed by atoms with Crippen LogP contribution in [-0.4, -0.2) is 4.92 Å². The lowest BCUT2D eigenvalue weighted by Gasteiger charge is -1.89. The van der Waals surface area contributed by atoms with Crippen LogP contribution in [0.15, 0.2) is 11.8 Å². The van der Waals surface area contributed by atoms with Gasteiger partial charge in [-0.3, -0.25) is 10.1 Å². The average Bonchev–Trinajstić information content (AvgIpc) is 1.82. The first-order chi connectivity index (χ1) is 4.22. The molecule has 0 radical (unpaired) electrons. The zero-order valence-corrected chi connectivity index (χ0v) is 5.76. The lowest BCUT2D eigenvalue weighted by atomic mass is 10.3. The van der Waals surface area contributed by atoms with Crippen LogP contribution in [0.2, 0.25) is 0 Å². The van der Waals surface area contributed by atoms with Crippen LogP contribution < -0.4 is 0 Å². The second kappa shape index (κ2) is 4.06. The molecule has 0 N–H and O–H groups in total. The second-order valence-electron chi connectivity index (χ2n) is 1.71. The summed E-state index contributed by atoms with van der Waals surface area (Å²) in [6.45, 7) is 3.67. The van der Waals surface area contributed by atoms with Gasteiger partial charge in [0.05, 0.1) is 4.92 Å². The molecule has 0 atom stereocenters. The van der Waals surface area contributed by atoms with E-state index in [1.807, 2.05) is 6.92 Å². The molecule has 0 aliphatic rings. The van der Waals surface area contributed by atoms with Gasteiger partial charge in [0.15, 0.2) is 0 Å². The topological polar surface area (TPSA) is 43.1 Å². The molecule has 0 aromatic carbocycles. The molecule has 0 unspecified atom stereocenters. The molecule has 0 aromatic rings. The second-order valence-corrected chi connectivity index (χ2v) is 1.71. The molecule has 0 aliphatic heterocycles. The number of hydrogen-bond donors (Lipinski definition) is 0. The first kappa shape index (κ1) is 8.14. The van der Waals surface area contributed by atoms with Gasteiger partial charge in [-0.15, -0.1) is 0 Å². The summed E-state index contributed by atoms with van der Waals surface area (Å²) in [5, 5.41) is 10.1. The fourth-order valence-electron chi connectivity index (χ4n) is 0.584. The molecule has 0 amide bonds. The van der Waals surface area contributed by atoms with E-state index >= 15 is 0 Å². The van der Waals surface area contributed by atoms with Gasteiger partial charge in [-0.25, -0.2) is 0 Å². The molecule has 9 heavy (non-hydrogen) atoms. The van der Waals surface area contributed by atoms with E-state index in [1.165, 1.54) is 0 Å². The molecular weight excluding hydrogens is 118 g/mol. The van der Waals surface area contributed by atoms with Crippen molar-refractivity contribution in [2.45, 2.75) is 26.7 Å². The van der Waals surface area contributed by atoms with Crippen molar-refractivity contribution in [2.24, 2.45) is 0 Å². The van der Waals surface area contributed by atoms with Crippen molar-refractivity contribution in [1.82, 2.24) is 0 Å². The molecule has 0 heterocycles. The maximum absolute atomic E-state index is 10.1.